The number of carbonyl (C=O) groups excluding carboxylic acids is 1. The van der Waals surface area contributed by atoms with Crippen LogP contribution in [0.1, 0.15) is 32.6 Å². The fraction of sp³-hybridized carbons (Fsp3) is 0.235. The zero-order valence-electron chi connectivity index (χ0n) is 12.3. The summed E-state index contributed by atoms with van der Waals surface area (Å²) in [7, 11) is 0. The van der Waals surface area contributed by atoms with Crippen molar-refractivity contribution in [3.05, 3.63) is 64.0 Å². The molecule has 4 heteroatoms. The average Bonchev–Trinajstić information content (AvgIpc) is 2.44. The second kappa shape index (κ2) is 5.95. The van der Waals surface area contributed by atoms with E-state index in [0.717, 1.165) is 11.1 Å². The standard InChI is InChI=1S/C17H18FNO2/c1-10-4-5-14(8-15(10)20)17(21)19-9-13-6-11(2)16(18)12(3)7-13/h4-8,20H,9H2,1-3H3,(H,19,21). The Morgan fingerprint density at radius 1 is 1.10 bits per heavy atom. The molecule has 2 aromatic carbocycles. The number of amides is 1. The summed E-state index contributed by atoms with van der Waals surface area (Å²) in [5.41, 5.74) is 3.08. The Morgan fingerprint density at radius 3 is 2.29 bits per heavy atom. The quantitative estimate of drug-likeness (QED) is 0.909. The van der Waals surface area contributed by atoms with Gasteiger partial charge in [-0.2, -0.15) is 0 Å². The largest absolute Gasteiger partial charge is 0.508 e. The molecule has 0 fully saturated rings. The Labute approximate surface area is 123 Å². The van der Waals surface area contributed by atoms with Gasteiger partial charge in [-0.05, 0) is 55.2 Å². The van der Waals surface area contributed by atoms with Gasteiger partial charge < -0.3 is 10.4 Å². The first-order chi connectivity index (χ1) is 9.88. The van der Waals surface area contributed by atoms with Crippen LogP contribution in [0.5, 0.6) is 5.75 Å². The van der Waals surface area contributed by atoms with E-state index < -0.39 is 0 Å². The Bertz CT molecular complexity index is 672. The second-order valence-corrected chi connectivity index (χ2v) is 5.23. The Morgan fingerprint density at radius 2 is 1.71 bits per heavy atom. The first kappa shape index (κ1) is 15.0. The summed E-state index contributed by atoms with van der Waals surface area (Å²) in [6, 6.07) is 8.22. The van der Waals surface area contributed by atoms with Crippen molar-refractivity contribution in [3.8, 4) is 5.75 Å². The molecule has 2 aromatic rings. The maximum Gasteiger partial charge on any atom is 0.251 e. The van der Waals surface area contributed by atoms with Crippen molar-refractivity contribution in [1.29, 1.82) is 0 Å². The molecule has 3 nitrogen and oxygen atoms in total. The van der Waals surface area contributed by atoms with Crippen LogP contribution >= 0.6 is 0 Å². The highest BCUT2D eigenvalue weighted by atomic mass is 19.1. The fourth-order valence-corrected chi connectivity index (χ4v) is 2.17. The number of aromatic hydroxyl groups is 1. The van der Waals surface area contributed by atoms with Gasteiger partial charge >= 0.3 is 0 Å². The van der Waals surface area contributed by atoms with Gasteiger partial charge in [0.15, 0.2) is 0 Å². The van der Waals surface area contributed by atoms with Crippen LogP contribution in [0.15, 0.2) is 30.3 Å². The highest BCUT2D eigenvalue weighted by Gasteiger charge is 2.09. The topological polar surface area (TPSA) is 49.3 Å². The van der Waals surface area contributed by atoms with Crippen molar-refractivity contribution in [2.75, 3.05) is 0 Å². The normalized spacial score (nSPS) is 10.5. The van der Waals surface area contributed by atoms with E-state index in [1.807, 2.05) is 0 Å². The summed E-state index contributed by atoms with van der Waals surface area (Å²) >= 11 is 0. The predicted molar refractivity (Wildman–Crippen MR) is 79.9 cm³/mol. The lowest BCUT2D eigenvalue weighted by molar-refractivity contribution is 0.0950. The number of hydrogen-bond donors (Lipinski definition) is 2. The van der Waals surface area contributed by atoms with Gasteiger partial charge in [0.25, 0.3) is 5.91 Å². The number of carbonyl (C=O) groups is 1. The number of phenolic OH excluding ortho intramolecular Hbond substituents is 1. The van der Waals surface area contributed by atoms with Gasteiger partial charge in [-0.3, -0.25) is 4.79 Å². The van der Waals surface area contributed by atoms with Crippen molar-refractivity contribution in [2.24, 2.45) is 0 Å². The van der Waals surface area contributed by atoms with Crippen LogP contribution in [0.3, 0.4) is 0 Å². The number of halogens is 1. The van der Waals surface area contributed by atoms with Crippen LogP contribution in [-0.2, 0) is 6.54 Å². The molecule has 0 heterocycles. The Hall–Kier alpha value is -2.36. The van der Waals surface area contributed by atoms with Gasteiger partial charge in [0.2, 0.25) is 0 Å². The zero-order valence-corrected chi connectivity index (χ0v) is 12.3. The van der Waals surface area contributed by atoms with E-state index in [2.05, 4.69) is 5.32 Å². The smallest absolute Gasteiger partial charge is 0.251 e. The molecule has 2 N–H and O–H groups in total. The lowest BCUT2D eigenvalue weighted by Crippen LogP contribution is -2.22. The molecule has 0 aliphatic carbocycles. The molecule has 0 spiro atoms. The molecule has 1 amide bonds. The van der Waals surface area contributed by atoms with Gasteiger partial charge in [0.1, 0.15) is 11.6 Å². The van der Waals surface area contributed by atoms with Crippen LogP contribution in [-0.4, -0.2) is 11.0 Å². The fourth-order valence-electron chi connectivity index (χ4n) is 2.17. The monoisotopic (exact) mass is 287 g/mol. The number of nitrogens with one attached hydrogen (secondary N) is 1. The molecule has 2 rings (SSSR count). The number of rotatable bonds is 3. The zero-order chi connectivity index (χ0) is 15.6. The SMILES string of the molecule is Cc1ccc(C(=O)NCc2cc(C)c(F)c(C)c2)cc1O. The van der Waals surface area contributed by atoms with Gasteiger partial charge in [0, 0.05) is 12.1 Å². The summed E-state index contributed by atoms with van der Waals surface area (Å²) < 4.78 is 13.5. The summed E-state index contributed by atoms with van der Waals surface area (Å²) in [6.07, 6.45) is 0. The molecule has 0 saturated carbocycles. The molecule has 110 valence electrons. The minimum absolute atomic E-state index is 0.0936. The molecule has 0 unspecified atom stereocenters. The van der Waals surface area contributed by atoms with Crippen LogP contribution < -0.4 is 5.32 Å². The summed E-state index contributed by atoms with van der Waals surface area (Å²) in [4.78, 5) is 12.0. The first-order valence-electron chi connectivity index (χ1n) is 6.72. The van der Waals surface area contributed by atoms with Gasteiger partial charge in [-0.15, -0.1) is 0 Å². The third-order valence-corrected chi connectivity index (χ3v) is 3.42. The van der Waals surface area contributed by atoms with E-state index in [0.29, 0.717) is 23.2 Å². The Kier molecular flexibility index (Phi) is 4.26. The third-order valence-electron chi connectivity index (χ3n) is 3.42. The molecule has 0 saturated heterocycles. The molecular formula is C17H18FNO2. The molecule has 0 aliphatic rings. The number of phenols is 1. The van der Waals surface area contributed by atoms with Gasteiger partial charge in [-0.25, -0.2) is 4.39 Å². The van der Waals surface area contributed by atoms with Crippen molar-refractivity contribution in [1.82, 2.24) is 5.32 Å². The van der Waals surface area contributed by atoms with Crippen LogP contribution in [0.2, 0.25) is 0 Å². The van der Waals surface area contributed by atoms with E-state index in [4.69, 9.17) is 0 Å². The average molecular weight is 287 g/mol. The van der Waals surface area contributed by atoms with E-state index in [-0.39, 0.29) is 17.5 Å². The van der Waals surface area contributed by atoms with Crippen molar-refractivity contribution in [2.45, 2.75) is 27.3 Å². The summed E-state index contributed by atoms with van der Waals surface area (Å²) in [5, 5.41) is 12.4. The predicted octanol–water partition coefficient (Wildman–Crippen LogP) is 3.39. The molecule has 0 radical (unpaired) electrons. The first-order valence-corrected chi connectivity index (χ1v) is 6.72. The lowest BCUT2D eigenvalue weighted by Gasteiger charge is -2.09. The second-order valence-electron chi connectivity index (χ2n) is 5.23. The molecule has 0 aromatic heterocycles. The number of benzene rings is 2. The van der Waals surface area contributed by atoms with Gasteiger partial charge in [-0.1, -0.05) is 18.2 Å². The van der Waals surface area contributed by atoms with Crippen molar-refractivity contribution in [3.63, 3.8) is 0 Å². The summed E-state index contributed by atoms with van der Waals surface area (Å²) in [6.45, 7) is 5.48. The van der Waals surface area contributed by atoms with E-state index in [1.165, 1.54) is 6.07 Å². The van der Waals surface area contributed by atoms with Crippen molar-refractivity contribution < 1.29 is 14.3 Å². The van der Waals surface area contributed by atoms with Crippen LogP contribution in [0, 0.1) is 26.6 Å². The maximum absolute atomic E-state index is 13.5. The molecule has 0 aliphatic heterocycles. The molecule has 0 bridgehead atoms. The highest BCUT2D eigenvalue weighted by molar-refractivity contribution is 5.94. The molecule has 0 atom stereocenters. The van der Waals surface area contributed by atoms with E-state index in [9.17, 15) is 14.3 Å². The lowest BCUT2D eigenvalue weighted by atomic mass is 10.1. The van der Waals surface area contributed by atoms with Gasteiger partial charge in [0.05, 0.1) is 0 Å². The molecule has 21 heavy (non-hydrogen) atoms. The van der Waals surface area contributed by atoms with Crippen molar-refractivity contribution >= 4 is 5.91 Å². The minimum Gasteiger partial charge on any atom is -0.508 e. The number of hydrogen-bond acceptors (Lipinski definition) is 2. The molecular weight excluding hydrogens is 269 g/mol. The van der Waals surface area contributed by atoms with E-state index in [1.54, 1.807) is 45.0 Å². The van der Waals surface area contributed by atoms with Crippen LogP contribution in [0.4, 0.5) is 4.39 Å². The Balaban J connectivity index is 2.09. The number of aryl methyl sites for hydroxylation is 3. The minimum atomic E-state index is -0.273. The maximum atomic E-state index is 13.5. The van der Waals surface area contributed by atoms with E-state index >= 15 is 0 Å². The highest BCUT2D eigenvalue weighted by Crippen LogP contribution is 2.18. The summed E-state index contributed by atoms with van der Waals surface area (Å²) in [5.74, 6) is -0.394. The van der Waals surface area contributed by atoms with Crippen LogP contribution in [0.25, 0.3) is 0 Å². The third kappa shape index (κ3) is 3.40.